The summed E-state index contributed by atoms with van der Waals surface area (Å²) in [5.74, 6) is -1.21. The predicted molar refractivity (Wildman–Crippen MR) is 31.9 cm³/mol. The Morgan fingerprint density at radius 3 is 2.25 bits per heavy atom. The maximum Gasteiger partial charge on any atom is 0.451 e. The van der Waals surface area contributed by atoms with E-state index in [4.69, 9.17) is 5.11 Å². The SMILES string of the molecule is Cn1c(CO)nnc1C(F)(F)F. The zero-order chi connectivity index (χ0) is 9.35. The van der Waals surface area contributed by atoms with Gasteiger partial charge in [0.05, 0.1) is 0 Å². The molecule has 1 N–H and O–H groups in total. The normalized spacial score (nSPS) is 12.1. The first-order valence-corrected chi connectivity index (χ1v) is 3.03. The van der Waals surface area contributed by atoms with E-state index in [0.29, 0.717) is 4.57 Å². The summed E-state index contributed by atoms with van der Waals surface area (Å²) >= 11 is 0. The first kappa shape index (κ1) is 8.98. The van der Waals surface area contributed by atoms with E-state index in [1.165, 1.54) is 0 Å². The second-order valence-electron chi connectivity index (χ2n) is 2.15. The van der Waals surface area contributed by atoms with Gasteiger partial charge in [-0.1, -0.05) is 0 Å². The van der Waals surface area contributed by atoms with Gasteiger partial charge < -0.3 is 9.67 Å². The summed E-state index contributed by atoms with van der Waals surface area (Å²) in [5.41, 5.74) is 0. The minimum absolute atomic E-state index is 0.109. The summed E-state index contributed by atoms with van der Waals surface area (Å²) in [5, 5.41) is 14.5. The highest BCUT2D eigenvalue weighted by Crippen LogP contribution is 2.27. The minimum Gasteiger partial charge on any atom is -0.388 e. The van der Waals surface area contributed by atoms with Crippen molar-refractivity contribution >= 4 is 0 Å². The number of halogens is 3. The maximum absolute atomic E-state index is 12.0. The van der Waals surface area contributed by atoms with Crippen LogP contribution in [0.4, 0.5) is 13.2 Å². The molecule has 0 radical (unpaired) electrons. The Balaban J connectivity index is 3.11. The third-order valence-corrected chi connectivity index (χ3v) is 1.36. The fraction of sp³-hybridized carbons (Fsp3) is 0.600. The highest BCUT2D eigenvalue weighted by molar-refractivity contribution is 4.97. The Morgan fingerprint density at radius 1 is 1.42 bits per heavy atom. The number of aliphatic hydroxyl groups is 1. The van der Waals surface area contributed by atoms with E-state index in [2.05, 4.69) is 10.2 Å². The zero-order valence-corrected chi connectivity index (χ0v) is 6.13. The van der Waals surface area contributed by atoms with Crippen LogP contribution in [0.5, 0.6) is 0 Å². The molecule has 0 aliphatic carbocycles. The van der Waals surface area contributed by atoms with Gasteiger partial charge in [-0.2, -0.15) is 13.2 Å². The van der Waals surface area contributed by atoms with Gasteiger partial charge in [0, 0.05) is 7.05 Å². The molecule has 0 bridgehead atoms. The molecule has 0 saturated carbocycles. The van der Waals surface area contributed by atoms with Gasteiger partial charge in [-0.3, -0.25) is 0 Å². The number of aromatic nitrogens is 3. The molecule has 7 heteroatoms. The Morgan fingerprint density at radius 2 is 2.00 bits per heavy atom. The highest BCUT2D eigenvalue weighted by Gasteiger charge is 2.37. The van der Waals surface area contributed by atoms with Crippen LogP contribution in [-0.2, 0) is 19.8 Å². The van der Waals surface area contributed by atoms with Crippen molar-refractivity contribution in [2.24, 2.45) is 7.05 Å². The first-order chi connectivity index (χ1) is 5.46. The monoisotopic (exact) mass is 181 g/mol. The number of nitrogens with zero attached hydrogens (tertiary/aromatic N) is 3. The summed E-state index contributed by atoms with van der Waals surface area (Å²) in [4.78, 5) is 0. The molecule has 1 rings (SSSR count). The lowest BCUT2D eigenvalue weighted by Gasteiger charge is -2.04. The van der Waals surface area contributed by atoms with Crippen molar-refractivity contribution in [3.05, 3.63) is 11.6 Å². The van der Waals surface area contributed by atoms with Crippen LogP contribution in [0.25, 0.3) is 0 Å². The fourth-order valence-corrected chi connectivity index (χ4v) is 0.746. The molecule has 0 aromatic carbocycles. The van der Waals surface area contributed by atoms with Crippen molar-refractivity contribution < 1.29 is 18.3 Å². The molecule has 0 aliphatic rings. The highest BCUT2D eigenvalue weighted by atomic mass is 19.4. The van der Waals surface area contributed by atoms with Crippen LogP contribution in [0.2, 0.25) is 0 Å². The number of hydrogen-bond donors (Lipinski definition) is 1. The van der Waals surface area contributed by atoms with Crippen LogP contribution in [0.15, 0.2) is 0 Å². The Kier molecular flexibility index (Phi) is 2.05. The van der Waals surface area contributed by atoms with Gasteiger partial charge in [-0.05, 0) is 0 Å². The average molecular weight is 181 g/mol. The molecule has 0 unspecified atom stereocenters. The van der Waals surface area contributed by atoms with Crippen LogP contribution in [0.1, 0.15) is 11.6 Å². The van der Waals surface area contributed by atoms with Gasteiger partial charge in [-0.25, -0.2) is 0 Å². The molecule has 0 fully saturated rings. The molecule has 0 spiro atoms. The maximum atomic E-state index is 12.0. The lowest BCUT2D eigenvalue weighted by Crippen LogP contribution is -2.13. The van der Waals surface area contributed by atoms with Crippen molar-refractivity contribution in [3.8, 4) is 0 Å². The lowest BCUT2D eigenvalue weighted by molar-refractivity contribution is -0.147. The largest absolute Gasteiger partial charge is 0.451 e. The lowest BCUT2D eigenvalue weighted by atomic mass is 10.5. The van der Waals surface area contributed by atoms with Crippen LogP contribution in [0, 0.1) is 0 Å². The second-order valence-corrected chi connectivity index (χ2v) is 2.15. The van der Waals surface area contributed by atoms with E-state index >= 15 is 0 Å². The molecular weight excluding hydrogens is 175 g/mol. The molecule has 0 saturated heterocycles. The van der Waals surface area contributed by atoms with Crippen molar-refractivity contribution in [1.29, 1.82) is 0 Å². The molecule has 0 atom stereocenters. The summed E-state index contributed by atoms with van der Waals surface area (Å²) in [7, 11) is 1.15. The molecule has 68 valence electrons. The quantitative estimate of drug-likeness (QED) is 0.679. The molecule has 0 amide bonds. The van der Waals surface area contributed by atoms with E-state index in [1.807, 2.05) is 0 Å². The summed E-state index contributed by atoms with van der Waals surface area (Å²) < 4.78 is 36.7. The van der Waals surface area contributed by atoms with Gasteiger partial charge >= 0.3 is 6.18 Å². The molecule has 4 nitrogen and oxygen atoms in total. The molecule has 12 heavy (non-hydrogen) atoms. The third-order valence-electron chi connectivity index (χ3n) is 1.36. The van der Waals surface area contributed by atoms with Crippen LogP contribution in [-0.4, -0.2) is 19.9 Å². The van der Waals surface area contributed by atoms with Crippen molar-refractivity contribution in [2.45, 2.75) is 12.8 Å². The number of rotatable bonds is 1. The fourth-order valence-electron chi connectivity index (χ4n) is 0.746. The van der Waals surface area contributed by atoms with Gasteiger partial charge in [0.2, 0.25) is 5.82 Å². The average Bonchev–Trinajstić information content (AvgIpc) is 2.29. The topological polar surface area (TPSA) is 50.9 Å². The minimum atomic E-state index is -4.52. The van der Waals surface area contributed by atoms with Crippen LogP contribution >= 0.6 is 0 Å². The van der Waals surface area contributed by atoms with Gasteiger partial charge in [-0.15, -0.1) is 10.2 Å². The zero-order valence-electron chi connectivity index (χ0n) is 6.13. The van der Waals surface area contributed by atoms with E-state index in [9.17, 15) is 13.2 Å². The third kappa shape index (κ3) is 1.40. The smallest absolute Gasteiger partial charge is 0.388 e. The molecule has 0 aliphatic heterocycles. The number of aliphatic hydroxyl groups excluding tert-OH is 1. The van der Waals surface area contributed by atoms with Crippen molar-refractivity contribution in [3.63, 3.8) is 0 Å². The Hall–Kier alpha value is -1.11. The number of alkyl halides is 3. The summed E-state index contributed by atoms with van der Waals surface area (Å²) in [6.07, 6.45) is -4.52. The molecular formula is C5H6F3N3O. The van der Waals surface area contributed by atoms with Gasteiger partial charge in [0.1, 0.15) is 6.61 Å². The van der Waals surface area contributed by atoms with Gasteiger partial charge in [0.25, 0.3) is 0 Å². The molecule has 1 aromatic heterocycles. The molecule has 1 aromatic rings. The van der Waals surface area contributed by atoms with Crippen molar-refractivity contribution in [1.82, 2.24) is 14.8 Å². The first-order valence-electron chi connectivity index (χ1n) is 3.03. The summed E-state index contributed by atoms with van der Waals surface area (Å²) in [6.45, 7) is -0.556. The van der Waals surface area contributed by atoms with E-state index < -0.39 is 18.6 Å². The van der Waals surface area contributed by atoms with Crippen molar-refractivity contribution in [2.75, 3.05) is 0 Å². The Bertz CT molecular complexity index is 280. The Labute approximate surface area is 65.6 Å². The molecule has 1 heterocycles. The summed E-state index contributed by atoms with van der Waals surface area (Å²) in [6, 6.07) is 0. The van der Waals surface area contributed by atoms with E-state index in [1.54, 1.807) is 0 Å². The van der Waals surface area contributed by atoms with Gasteiger partial charge in [0.15, 0.2) is 5.82 Å². The number of hydrogen-bond acceptors (Lipinski definition) is 3. The second kappa shape index (κ2) is 2.74. The predicted octanol–water partition coefficient (Wildman–Crippen LogP) is 0.326. The van der Waals surface area contributed by atoms with E-state index in [0.717, 1.165) is 7.05 Å². The van der Waals surface area contributed by atoms with Crippen LogP contribution < -0.4 is 0 Å². The van der Waals surface area contributed by atoms with E-state index in [-0.39, 0.29) is 5.82 Å². The van der Waals surface area contributed by atoms with Crippen LogP contribution in [0.3, 0.4) is 0 Å². The standard InChI is InChI=1S/C5H6F3N3O/c1-11-3(2-12)9-10-4(11)5(6,7)8/h12H,2H2,1H3.